The van der Waals surface area contributed by atoms with E-state index >= 15 is 0 Å². The fourth-order valence-corrected chi connectivity index (χ4v) is 1.11. The van der Waals surface area contributed by atoms with E-state index in [0.717, 1.165) is 19.6 Å². The quantitative estimate of drug-likeness (QED) is 0.387. The monoisotopic (exact) mass is 335 g/mol. The zero-order valence-corrected chi connectivity index (χ0v) is 13.3. The van der Waals surface area contributed by atoms with Crippen LogP contribution in [0.15, 0.2) is 24.4 Å². The first kappa shape index (κ1) is 23.3. The van der Waals surface area contributed by atoms with Crippen LogP contribution in [0.4, 0.5) is 0 Å². The molecule has 2 heterocycles. The summed E-state index contributed by atoms with van der Waals surface area (Å²) in [5.74, 6) is 0. The molecule has 0 bridgehead atoms. The Kier molecular flexibility index (Phi) is 31.7. The SMILES string of the molecule is C1=CC[N-]C=C1.C1CC[N-]CC1.N#C[S-].N#C[S-].[Mn]. The molecule has 0 aliphatic carbocycles. The van der Waals surface area contributed by atoms with Crippen molar-refractivity contribution in [1.82, 2.24) is 0 Å². The first-order chi connectivity index (χ1) is 8.83. The molecule has 0 amide bonds. The first-order valence-electron chi connectivity index (χ1n) is 5.47. The van der Waals surface area contributed by atoms with Gasteiger partial charge >= 0.3 is 0 Å². The summed E-state index contributed by atoms with van der Waals surface area (Å²) < 4.78 is 0. The van der Waals surface area contributed by atoms with Crippen molar-refractivity contribution in [1.29, 1.82) is 10.5 Å². The zero-order chi connectivity index (χ0) is 13.9. The molecular weight excluding hydrogens is 319 g/mol. The third-order valence-electron chi connectivity index (χ3n) is 1.78. The van der Waals surface area contributed by atoms with Crippen molar-refractivity contribution < 1.29 is 17.1 Å². The Morgan fingerprint density at radius 3 is 1.58 bits per heavy atom. The van der Waals surface area contributed by atoms with Crippen molar-refractivity contribution in [2.45, 2.75) is 19.3 Å². The summed E-state index contributed by atoms with van der Waals surface area (Å²) in [6.07, 6.45) is 11.8. The molecular formula is C12H16MnN4S2-4. The van der Waals surface area contributed by atoms with Crippen LogP contribution in [0.5, 0.6) is 0 Å². The van der Waals surface area contributed by atoms with Gasteiger partial charge in [-0.05, 0) is 0 Å². The van der Waals surface area contributed by atoms with Gasteiger partial charge in [0.15, 0.2) is 0 Å². The maximum atomic E-state index is 7.13. The Morgan fingerprint density at radius 2 is 1.47 bits per heavy atom. The van der Waals surface area contributed by atoms with E-state index in [2.05, 4.69) is 35.9 Å². The minimum atomic E-state index is 0. The summed E-state index contributed by atoms with van der Waals surface area (Å²) in [5, 5.41) is 25.0. The summed E-state index contributed by atoms with van der Waals surface area (Å²) in [4.78, 5) is 0. The summed E-state index contributed by atoms with van der Waals surface area (Å²) in [6, 6.07) is 0. The van der Waals surface area contributed by atoms with Crippen LogP contribution in [0.1, 0.15) is 19.3 Å². The molecule has 0 saturated carbocycles. The molecule has 7 heteroatoms. The summed E-state index contributed by atoms with van der Waals surface area (Å²) >= 11 is 7.40. The average molecular weight is 335 g/mol. The molecule has 4 nitrogen and oxygen atoms in total. The van der Waals surface area contributed by atoms with Gasteiger partial charge in [-0.25, -0.2) is 10.5 Å². The van der Waals surface area contributed by atoms with E-state index < -0.39 is 0 Å². The number of hydrogen-bond donors (Lipinski definition) is 0. The maximum Gasteiger partial charge on any atom is 0 e. The third kappa shape index (κ3) is 31.7. The molecule has 107 valence electrons. The van der Waals surface area contributed by atoms with E-state index in [1.54, 1.807) is 6.20 Å². The Labute approximate surface area is 137 Å². The van der Waals surface area contributed by atoms with Crippen molar-refractivity contribution in [3.8, 4) is 10.8 Å². The molecule has 0 spiro atoms. The second kappa shape index (κ2) is 25.9. The van der Waals surface area contributed by atoms with Gasteiger partial charge in [-0.1, -0.05) is 42.2 Å². The summed E-state index contributed by atoms with van der Waals surface area (Å²) in [6.45, 7) is 3.11. The normalized spacial score (nSPS) is 13.8. The van der Waals surface area contributed by atoms with E-state index in [4.69, 9.17) is 10.5 Å². The van der Waals surface area contributed by atoms with Gasteiger partial charge in [-0.2, -0.15) is 6.20 Å². The molecule has 0 aromatic heterocycles. The van der Waals surface area contributed by atoms with Crippen LogP contribution >= 0.6 is 0 Å². The summed E-state index contributed by atoms with van der Waals surface area (Å²) in [7, 11) is 0. The molecule has 0 aromatic carbocycles. The van der Waals surface area contributed by atoms with Crippen molar-refractivity contribution in [2.75, 3.05) is 19.6 Å². The number of piperidine rings is 1. The van der Waals surface area contributed by atoms with Crippen LogP contribution in [0, 0.1) is 21.3 Å². The Bertz CT molecular complexity index is 256. The molecule has 2 aliphatic rings. The minimum Gasteiger partial charge on any atom is -0.696 e. The van der Waals surface area contributed by atoms with Crippen molar-refractivity contribution in [3.05, 3.63) is 35.1 Å². The fraction of sp³-hybridized carbons (Fsp3) is 0.500. The number of nitriles is 2. The smallest absolute Gasteiger partial charge is 0 e. The van der Waals surface area contributed by atoms with Crippen molar-refractivity contribution in [3.63, 3.8) is 0 Å². The van der Waals surface area contributed by atoms with Crippen molar-refractivity contribution >= 4 is 25.3 Å². The average Bonchev–Trinajstić information content (AvgIpc) is 2.45. The molecule has 0 unspecified atom stereocenters. The second-order valence-corrected chi connectivity index (χ2v) is 3.41. The van der Waals surface area contributed by atoms with Crippen LogP contribution in [0.25, 0.3) is 10.6 Å². The second-order valence-electron chi connectivity index (χ2n) is 3.05. The Morgan fingerprint density at radius 1 is 0.947 bits per heavy atom. The molecule has 0 N–H and O–H groups in total. The standard InChI is InChI=1S/C5H10N.C5H6N.2CHNS.Mn/c2*1-2-4-6-5-3-1;2*2-1-3;/h1-5H2;1-4H,5H2;2*3H;/q2*-1;;;/p-2. The summed E-state index contributed by atoms with van der Waals surface area (Å²) in [5.41, 5.74) is 0. The number of allylic oxidation sites excluding steroid dienone is 2. The number of nitrogens with zero attached hydrogens (tertiary/aromatic N) is 4. The molecule has 2 aliphatic heterocycles. The molecule has 2 rings (SSSR count). The molecule has 0 atom stereocenters. The van der Waals surface area contributed by atoms with Gasteiger partial charge in [-0.15, -0.1) is 25.7 Å². The van der Waals surface area contributed by atoms with Gasteiger partial charge < -0.3 is 35.9 Å². The van der Waals surface area contributed by atoms with Crippen LogP contribution < -0.4 is 0 Å². The number of rotatable bonds is 0. The van der Waals surface area contributed by atoms with E-state index in [9.17, 15) is 0 Å². The van der Waals surface area contributed by atoms with Gasteiger partial charge in [0.2, 0.25) is 0 Å². The fourth-order valence-electron chi connectivity index (χ4n) is 1.11. The van der Waals surface area contributed by atoms with Crippen LogP contribution in [0.3, 0.4) is 0 Å². The largest absolute Gasteiger partial charge is 0.696 e. The van der Waals surface area contributed by atoms with Gasteiger partial charge in [0.25, 0.3) is 0 Å². The zero-order valence-electron chi connectivity index (χ0n) is 10.5. The predicted molar refractivity (Wildman–Crippen MR) is 79.4 cm³/mol. The van der Waals surface area contributed by atoms with E-state index in [1.165, 1.54) is 30.1 Å². The Hall–Kier alpha value is -0.821. The maximum absolute atomic E-state index is 7.13. The minimum absolute atomic E-state index is 0. The first-order valence-corrected chi connectivity index (χ1v) is 6.29. The van der Waals surface area contributed by atoms with Gasteiger partial charge in [0.05, 0.1) is 0 Å². The molecule has 1 saturated heterocycles. The number of thiocyanates is 2. The van der Waals surface area contributed by atoms with Crippen LogP contribution in [-0.4, -0.2) is 19.6 Å². The van der Waals surface area contributed by atoms with Crippen LogP contribution in [-0.2, 0) is 42.3 Å². The van der Waals surface area contributed by atoms with Crippen LogP contribution in [0.2, 0.25) is 0 Å². The van der Waals surface area contributed by atoms with E-state index in [0.29, 0.717) is 0 Å². The molecule has 1 radical (unpaired) electrons. The van der Waals surface area contributed by atoms with Crippen molar-refractivity contribution in [2.24, 2.45) is 0 Å². The van der Waals surface area contributed by atoms with Gasteiger partial charge in [0, 0.05) is 17.1 Å². The topological polar surface area (TPSA) is 75.8 Å². The van der Waals surface area contributed by atoms with E-state index in [-0.39, 0.29) is 17.1 Å². The number of hydrogen-bond acceptors (Lipinski definition) is 4. The van der Waals surface area contributed by atoms with E-state index in [1.807, 2.05) is 18.2 Å². The van der Waals surface area contributed by atoms with Gasteiger partial charge in [0.1, 0.15) is 0 Å². The molecule has 1 fully saturated rings. The molecule has 19 heavy (non-hydrogen) atoms. The van der Waals surface area contributed by atoms with Gasteiger partial charge in [-0.3, -0.25) is 0 Å². The predicted octanol–water partition coefficient (Wildman–Crippen LogP) is 3.01. The molecule has 0 aromatic rings. The Balaban J connectivity index is -0.000000188. The third-order valence-corrected chi connectivity index (χ3v) is 1.78.